The number of amides is 1. The van der Waals surface area contributed by atoms with Gasteiger partial charge in [0.25, 0.3) is 0 Å². The highest BCUT2D eigenvalue weighted by Gasteiger charge is 2.12. The standard InChI is InChI=1S/C19H23NO2/c1-13-5-10-18(14(2)11-13)15(3)20-19(21)12-16-6-8-17(22-4)9-7-16/h5-11,15H,12H2,1-4H3,(H,20,21). The number of nitrogens with one attached hydrogen (secondary N) is 1. The summed E-state index contributed by atoms with van der Waals surface area (Å²) in [5.74, 6) is 0.824. The van der Waals surface area contributed by atoms with Crippen molar-refractivity contribution in [2.75, 3.05) is 7.11 Å². The molecule has 22 heavy (non-hydrogen) atoms. The van der Waals surface area contributed by atoms with E-state index in [1.165, 1.54) is 11.1 Å². The van der Waals surface area contributed by atoms with Crippen LogP contribution in [0.2, 0.25) is 0 Å². The summed E-state index contributed by atoms with van der Waals surface area (Å²) in [4.78, 5) is 12.2. The van der Waals surface area contributed by atoms with Gasteiger partial charge in [-0.25, -0.2) is 0 Å². The van der Waals surface area contributed by atoms with Crippen LogP contribution in [0.5, 0.6) is 5.75 Å². The van der Waals surface area contributed by atoms with Crippen molar-refractivity contribution in [2.45, 2.75) is 33.2 Å². The van der Waals surface area contributed by atoms with Gasteiger partial charge < -0.3 is 10.1 Å². The van der Waals surface area contributed by atoms with E-state index in [1.54, 1.807) is 7.11 Å². The van der Waals surface area contributed by atoms with Gasteiger partial charge in [0.15, 0.2) is 0 Å². The van der Waals surface area contributed by atoms with Crippen LogP contribution in [-0.2, 0) is 11.2 Å². The summed E-state index contributed by atoms with van der Waals surface area (Å²) in [5.41, 5.74) is 4.58. The fourth-order valence-corrected chi connectivity index (χ4v) is 2.61. The molecule has 0 bridgehead atoms. The van der Waals surface area contributed by atoms with Crippen LogP contribution in [0.15, 0.2) is 42.5 Å². The predicted molar refractivity (Wildman–Crippen MR) is 89.2 cm³/mol. The van der Waals surface area contributed by atoms with Crippen molar-refractivity contribution in [2.24, 2.45) is 0 Å². The molecule has 0 aliphatic heterocycles. The van der Waals surface area contributed by atoms with Gasteiger partial charge in [-0.2, -0.15) is 0 Å². The first kappa shape index (κ1) is 16.1. The van der Waals surface area contributed by atoms with E-state index in [2.05, 4.69) is 37.4 Å². The minimum Gasteiger partial charge on any atom is -0.497 e. The lowest BCUT2D eigenvalue weighted by molar-refractivity contribution is -0.121. The van der Waals surface area contributed by atoms with Crippen molar-refractivity contribution in [3.63, 3.8) is 0 Å². The fraction of sp³-hybridized carbons (Fsp3) is 0.316. The van der Waals surface area contributed by atoms with Gasteiger partial charge in [-0.05, 0) is 49.6 Å². The first-order valence-electron chi connectivity index (χ1n) is 7.49. The third-order valence-electron chi connectivity index (χ3n) is 3.79. The van der Waals surface area contributed by atoms with Crippen LogP contribution in [0.25, 0.3) is 0 Å². The molecule has 1 N–H and O–H groups in total. The highest BCUT2D eigenvalue weighted by molar-refractivity contribution is 5.79. The average molecular weight is 297 g/mol. The van der Waals surface area contributed by atoms with Gasteiger partial charge in [0.05, 0.1) is 19.6 Å². The quantitative estimate of drug-likeness (QED) is 0.913. The monoisotopic (exact) mass is 297 g/mol. The van der Waals surface area contributed by atoms with Crippen molar-refractivity contribution in [3.8, 4) is 5.75 Å². The Morgan fingerprint density at radius 3 is 2.41 bits per heavy atom. The van der Waals surface area contributed by atoms with Gasteiger partial charge in [-0.1, -0.05) is 35.9 Å². The molecule has 2 rings (SSSR count). The molecule has 1 amide bonds. The molecule has 3 nitrogen and oxygen atoms in total. The van der Waals surface area contributed by atoms with Gasteiger partial charge in [-0.15, -0.1) is 0 Å². The van der Waals surface area contributed by atoms with Gasteiger partial charge >= 0.3 is 0 Å². The number of methoxy groups -OCH3 is 1. The molecule has 0 fully saturated rings. The zero-order chi connectivity index (χ0) is 16.1. The second-order valence-electron chi connectivity index (χ2n) is 5.67. The number of rotatable bonds is 5. The van der Waals surface area contributed by atoms with Crippen LogP contribution in [0.4, 0.5) is 0 Å². The van der Waals surface area contributed by atoms with Crippen LogP contribution in [0, 0.1) is 13.8 Å². The molecule has 0 aromatic heterocycles. The van der Waals surface area contributed by atoms with Crippen LogP contribution in [0.1, 0.15) is 35.2 Å². The summed E-state index contributed by atoms with van der Waals surface area (Å²) in [6, 6.07) is 13.9. The Morgan fingerprint density at radius 2 is 1.82 bits per heavy atom. The lowest BCUT2D eigenvalue weighted by atomic mass is 10.00. The zero-order valence-electron chi connectivity index (χ0n) is 13.6. The molecule has 0 saturated carbocycles. The first-order valence-corrected chi connectivity index (χ1v) is 7.49. The summed E-state index contributed by atoms with van der Waals surface area (Å²) in [5, 5.41) is 3.06. The molecule has 0 spiro atoms. The molecule has 1 unspecified atom stereocenters. The minimum atomic E-state index is 0.00588. The van der Waals surface area contributed by atoms with Gasteiger partial charge in [0, 0.05) is 0 Å². The Balaban J connectivity index is 1.98. The zero-order valence-corrected chi connectivity index (χ0v) is 13.6. The number of carbonyl (C=O) groups excluding carboxylic acids is 1. The van der Waals surface area contributed by atoms with Crippen molar-refractivity contribution < 1.29 is 9.53 Å². The summed E-state index contributed by atoms with van der Waals surface area (Å²) in [6.07, 6.45) is 0.374. The SMILES string of the molecule is COc1ccc(CC(=O)NC(C)c2ccc(C)cc2C)cc1. The van der Waals surface area contributed by atoms with E-state index in [9.17, 15) is 4.79 Å². The molecule has 0 heterocycles. The highest BCUT2D eigenvalue weighted by Crippen LogP contribution is 2.19. The number of aryl methyl sites for hydroxylation is 2. The fourth-order valence-electron chi connectivity index (χ4n) is 2.61. The van der Waals surface area contributed by atoms with Crippen molar-refractivity contribution in [1.29, 1.82) is 0 Å². The predicted octanol–water partition coefficient (Wildman–Crippen LogP) is 3.73. The van der Waals surface area contributed by atoms with Gasteiger partial charge in [0.1, 0.15) is 5.75 Å². The topological polar surface area (TPSA) is 38.3 Å². The Kier molecular flexibility index (Phi) is 5.21. The van der Waals surface area contributed by atoms with E-state index >= 15 is 0 Å². The molecule has 0 aliphatic rings. The number of benzene rings is 2. The second-order valence-corrected chi connectivity index (χ2v) is 5.67. The smallest absolute Gasteiger partial charge is 0.224 e. The number of ether oxygens (including phenoxy) is 1. The number of carbonyl (C=O) groups is 1. The Bertz CT molecular complexity index is 647. The van der Waals surface area contributed by atoms with Crippen LogP contribution >= 0.6 is 0 Å². The van der Waals surface area contributed by atoms with E-state index < -0.39 is 0 Å². The largest absolute Gasteiger partial charge is 0.497 e. The molecular weight excluding hydrogens is 274 g/mol. The first-order chi connectivity index (χ1) is 10.5. The Hall–Kier alpha value is -2.29. The summed E-state index contributed by atoms with van der Waals surface area (Å²) >= 11 is 0. The van der Waals surface area contributed by atoms with E-state index in [4.69, 9.17) is 4.74 Å². The lowest BCUT2D eigenvalue weighted by Crippen LogP contribution is -2.28. The normalized spacial score (nSPS) is 11.8. The third kappa shape index (κ3) is 4.10. The van der Waals surface area contributed by atoms with Crippen molar-refractivity contribution in [3.05, 3.63) is 64.7 Å². The molecule has 0 aliphatic carbocycles. The maximum Gasteiger partial charge on any atom is 0.224 e. The summed E-state index contributed by atoms with van der Waals surface area (Å²) in [7, 11) is 1.63. The van der Waals surface area contributed by atoms with Crippen LogP contribution in [-0.4, -0.2) is 13.0 Å². The maximum atomic E-state index is 12.2. The molecule has 2 aromatic rings. The Morgan fingerprint density at radius 1 is 1.14 bits per heavy atom. The maximum absolute atomic E-state index is 12.2. The average Bonchev–Trinajstić information content (AvgIpc) is 2.47. The van der Waals surface area contributed by atoms with E-state index in [-0.39, 0.29) is 11.9 Å². The molecule has 1 atom stereocenters. The molecule has 0 saturated heterocycles. The second kappa shape index (κ2) is 7.12. The van der Waals surface area contributed by atoms with E-state index in [0.717, 1.165) is 16.9 Å². The molecule has 3 heteroatoms. The summed E-state index contributed by atoms with van der Waals surface area (Å²) in [6.45, 7) is 6.17. The molecule has 2 aromatic carbocycles. The van der Waals surface area contributed by atoms with Gasteiger partial charge in [0.2, 0.25) is 5.91 Å². The van der Waals surface area contributed by atoms with Gasteiger partial charge in [-0.3, -0.25) is 4.79 Å². The van der Waals surface area contributed by atoms with Crippen molar-refractivity contribution in [1.82, 2.24) is 5.32 Å². The van der Waals surface area contributed by atoms with Crippen molar-refractivity contribution >= 4 is 5.91 Å². The van der Waals surface area contributed by atoms with Crippen LogP contribution in [0.3, 0.4) is 0 Å². The van der Waals surface area contributed by atoms with E-state index in [0.29, 0.717) is 6.42 Å². The number of hydrogen-bond acceptors (Lipinski definition) is 2. The lowest BCUT2D eigenvalue weighted by Gasteiger charge is -2.17. The summed E-state index contributed by atoms with van der Waals surface area (Å²) < 4.78 is 5.12. The highest BCUT2D eigenvalue weighted by atomic mass is 16.5. The third-order valence-corrected chi connectivity index (χ3v) is 3.79. The minimum absolute atomic E-state index is 0.00588. The molecule has 0 radical (unpaired) electrons. The number of hydrogen-bond donors (Lipinski definition) is 1. The molecule has 116 valence electrons. The molecular formula is C19H23NO2. The van der Waals surface area contributed by atoms with Crippen LogP contribution < -0.4 is 10.1 Å². The van der Waals surface area contributed by atoms with E-state index in [1.807, 2.05) is 31.2 Å². The Labute approximate surface area is 132 Å².